The lowest BCUT2D eigenvalue weighted by atomic mass is 10.1. The van der Waals surface area contributed by atoms with Gasteiger partial charge in [0.1, 0.15) is 5.84 Å². The van der Waals surface area contributed by atoms with Gasteiger partial charge in [-0.25, -0.2) is 0 Å². The molecule has 1 heterocycles. The number of rotatable bonds is 4. The molecule has 0 aliphatic heterocycles. The van der Waals surface area contributed by atoms with Crippen molar-refractivity contribution in [2.45, 2.75) is 40.2 Å². The minimum atomic E-state index is -0.146. The SMILES string of the molecule is CCCCn1c(C)cc(C)c(C(=N)N)c1=O. The van der Waals surface area contributed by atoms with Crippen LogP contribution in [0.2, 0.25) is 0 Å². The summed E-state index contributed by atoms with van der Waals surface area (Å²) in [7, 11) is 0. The van der Waals surface area contributed by atoms with Gasteiger partial charge in [-0.2, -0.15) is 0 Å². The van der Waals surface area contributed by atoms with Crippen molar-refractivity contribution in [2.24, 2.45) is 5.73 Å². The van der Waals surface area contributed by atoms with E-state index in [2.05, 4.69) is 6.92 Å². The molecular weight excluding hydrogens is 202 g/mol. The minimum absolute atomic E-state index is 0.140. The average molecular weight is 221 g/mol. The van der Waals surface area contributed by atoms with Gasteiger partial charge >= 0.3 is 0 Å². The summed E-state index contributed by atoms with van der Waals surface area (Å²) in [5.74, 6) is -0.146. The van der Waals surface area contributed by atoms with E-state index in [1.165, 1.54) is 0 Å². The highest BCUT2D eigenvalue weighted by molar-refractivity contribution is 5.95. The first-order chi connectivity index (χ1) is 7.49. The van der Waals surface area contributed by atoms with Crippen LogP contribution in [-0.2, 0) is 6.54 Å². The van der Waals surface area contributed by atoms with Gasteiger partial charge in [0.2, 0.25) is 0 Å². The zero-order valence-electron chi connectivity index (χ0n) is 10.1. The highest BCUT2D eigenvalue weighted by Gasteiger charge is 2.11. The standard InChI is InChI=1S/C12H19N3O/c1-4-5-6-15-9(3)7-8(2)10(11(13)14)12(15)16/h7H,4-6H2,1-3H3,(H3,13,14). The van der Waals surface area contributed by atoms with Gasteiger partial charge in [-0.15, -0.1) is 0 Å². The number of nitrogen functional groups attached to an aromatic ring is 1. The second kappa shape index (κ2) is 4.96. The molecule has 0 unspecified atom stereocenters. The number of pyridine rings is 1. The highest BCUT2D eigenvalue weighted by atomic mass is 16.1. The molecule has 1 rings (SSSR count). The Hall–Kier alpha value is -1.58. The van der Waals surface area contributed by atoms with Crippen molar-refractivity contribution in [2.75, 3.05) is 0 Å². The zero-order valence-corrected chi connectivity index (χ0v) is 10.1. The Labute approximate surface area is 95.6 Å². The first-order valence-electron chi connectivity index (χ1n) is 5.54. The molecule has 0 aliphatic rings. The predicted octanol–water partition coefficient (Wildman–Crippen LogP) is 1.55. The summed E-state index contributed by atoms with van der Waals surface area (Å²) < 4.78 is 1.70. The van der Waals surface area contributed by atoms with Gasteiger partial charge in [0.05, 0.1) is 5.56 Å². The fourth-order valence-corrected chi connectivity index (χ4v) is 1.85. The molecule has 0 spiro atoms. The van der Waals surface area contributed by atoms with Crippen LogP contribution in [-0.4, -0.2) is 10.4 Å². The van der Waals surface area contributed by atoms with Crippen molar-refractivity contribution in [1.29, 1.82) is 5.41 Å². The summed E-state index contributed by atoms with van der Waals surface area (Å²) >= 11 is 0. The maximum Gasteiger partial charge on any atom is 0.261 e. The Morgan fingerprint density at radius 1 is 1.50 bits per heavy atom. The number of hydrogen-bond donors (Lipinski definition) is 2. The van der Waals surface area contributed by atoms with E-state index >= 15 is 0 Å². The monoisotopic (exact) mass is 221 g/mol. The van der Waals surface area contributed by atoms with E-state index in [1.807, 2.05) is 19.9 Å². The number of unbranched alkanes of at least 4 members (excludes halogenated alkanes) is 1. The maximum atomic E-state index is 12.1. The number of nitrogens with two attached hydrogens (primary N) is 1. The topological polar surface area (TPSA) is 71.9 Å². The normalized spacial score (nSPS) is 10.4. The zero-order chi connectivity index (χ0) is 12.3. The third kappa shape index (κ3) is 2.32. The number of nitrogens with one attached hydrogen (secondary N) is 1. The van der Waals surface area contributed by atoms with Crippen molar-refractivity contribution in [1.82, 2.24) is 4.57 Å². The van der Waals surface area contributed by atoms with Crippen molar-refractivity contribution in [3.05, 3.63) is 33.2 Å². The summed E-state index contributed by atoms with van der Waals surface area (Å²) in [6, 6.07) is 1.91. The van der Waals surface area contributed by atoms with Gasteiger partial charge in [0.15, 0.2) is 0 Å². The van der Waals surface area contributed by atoms with Crippen molar-refractivity contribution >= 4 is 5.84 Å². The van der Waals surface area contributed by atoms with Crippen molar-refractivity contribution < 1.29 is 0 Å². The molecule has 0 radical (unpaired) electrons. The smallest absolute Gasteiger partial charge is 0.261 e. The first-order valence-corrected chi connectivity index (χ1v) is 5.54. The van der Waals surface area contributed by atoms with Crippen LogP contribution in [0.3, 0.4) is 0 Å². The number of hydrogen-bond acceptors (Lipinski definition) is 2. The van der Waals surface area contributed by atoms with Crippen LogP contribution >= 0.6 is 0 Å². The highest BCUT2D eigenvalue weighted by Crippen LogP contribution is 2.06. The molecule has 16 heavy (non-hydrogen) atoms. The number of aryl methyl sites for hydroxylation is 2. The maximum absolute atomic E-state index is 12.1. The molecule has 0 saturated carbocycles. The molecule has 0 aliphatic carbocycles. The molecule has 3 N–H and O–H groups in total. The van der Waals surface area contributed by atoms with E-state index in [1.54, 1.807) is 4.57 Å². The molecule has 1 aromatic heterocycles. The molecule has 0 amide bonds. The Balaban J connectivity index is 3.34. The predicted molar refractivity (Wildman–Crippen MR) is 66.1 cm³/mol. The Kier molecular flexibility index (Phi) is 3.88. The first kappa shape index (κ1) is 12.5. The lowest BCUT2D eigenvalue weighted by molar-refractivity contribution is 0.597. The van der Waals surface area contributed by atoms with E-state index < -0.39 is 0 Å². The molecular formula is C12H19N3O. The fraction of sp³-hybridized carbons (Fsp3) is 0.500. The van der Waals surface area contributed by atoms with E-state index in [4.69, 9.17) is 11.1 Å². The number of aromatic nitrogens is 1. The summed E-state index contributed by atoms with van der Waals surface area (Å²) in [4.78, 5) is 12.1. The van der Waals surface area contributed by atoms with E-state index in [-0.39, 0.29) is 11.4 Å². The Morgan fingerprint density at radius 3 is 2.62 bits per heavy atom. The van der Waals surface area contributed by atoms with Gasteiger partial charge in [0, 0.05) is 12.2 Å². The lowest BCUT2D eigenvalue weighted by Gasteiger charge is -2.13. The second-order valence-electron chi connectivity index (χ2n) is 4.07. The Morgan fingerprint density at radius 2 is 2.12 bits per heavy atom. The number of amidine groups is 1. The van der Waals surface area contributed by atoms with Crippen molar-refractivity contribution in [3.63, 3.8) is 0 Å². The number of nitrogens with zero attached hydrogens (tertiary/aromatic N) is 1. The van der Waals surface area contributed by atoms with Crippen molar-refractivity contribution in [3.8, 4) is 0 Å². The summed E-state index contributed by atoms with van der Waals surface area (Å²) in [6.45, 7) is 6.51. The van der Waals surface area contributed by atoms with Crippen LogP contribution in [0.15, 0.2) is 10.9 Å². The molecule has 0 aromatic carbocycles. The lowest BCUT2D eigenvalue weighted by Crippen LogP contribution is -2.32. The van der Waals surface area contributed by atoms with E-state index in [0.29, 0.717) is 12.1 Å². The minimum Gasteiger partial charge on any atom is -0.384 e. The van der Waals surface area contributed by atoms with Crippen LogP contribution in [0.1, 0.15) is 36.6 Å². The van der Waals surface area contributed by atoms with Gasteiger partial charge in [-0.05, 0) is 31.9 Å². The van der Waals surface area contributed by atoms with Crippen LogP contribution in [0.5, 0.6) is 0 Å². The van der Waals surface area contributed by atoms with Gasteiger partial charge in [-0.3, -0.25) is 10.2 Å². The largest absolute Gasteiger partial charge is 0.384 e. The molecule has 0 atom stereocenters. The molecule has 4 heteroatoms. The van der Waals surface area contributed by atoms with Gasteiger partial charge in [-0.1, -0.05) is 13.3 Å². The van der Waals surface area contributed by atoms with Crippen LogP contribution in [0.25, 0.3) is 0 Å². The molecule has 88 valence electrons. The summed E-state index contributed by atoms with van der Waals surface area (Å²) in [5.41, 5.74) is 7.34. The summed E-state index contributed by atoms with van der Waals surface area (Å²) in [5, 5.41) is 7.43. The van der Waals surface area contributed by atoms with Crippen LogP contribution < -0.4 is 11.3 Å². The molecule has 4 nitrogen and oxygen atoms in total. The van der Waals surface area contributed by atoms with E-state index in [0.717, 1.165) is 24.1 Å². The third-order valence-corrected chi connectivity index (χ3v) is 2.71. The summed E-state index contributed by atoms with van der Waals surface area (Å²) in [6.07, 6.45) is 2.00. The molecule has 1 aromatic rings. The van der Waals surface area contributed by atoms with Gasteiger partial charge < -0.3 is 10.3 Å². The molecule has 0 bridgehead atoms. The van der Waals surface area contributed by atoms with Crippen LogP contribution in [0, 0.1) is 19.3 Å². The molecule has 0 fully saturated rings. The molecule has 0 saturated heterocycles. The quantitative estimate of drug-likeness (QED) is 0.598. The average Bonchev–Trinajstić information content (AvgIpc) is 2.16. The third-order valence-electron chi connectivity index (χ3n) is 2.71. The van der Waals surface area contributed by atoms with Gasteiger partial charge in [0.25, 0.3) is 5.56 Å². The fourth-order valence-electron chi connectivity index (χ4n) is 1.85. The Bertz CT molecular complexity index is 460. The second-order valence-corrected chi connectivity index (χ2v) is 4.07. The van der Waals surface area contributed by atoms with Crippen LogP contribution in [0.4, 0.5) is 0 Å². The van der Waals surface area contributed by atoms with E-state index in [9.17, 15) is 4.79 Å².